The molecule has 3 rings (SSSR count). The maximum atomic E-state index is 12.5. The van der Waals surface area contributed by atoms with Crippen molar-refractivity contribution in [1.29, 1.82) is 0 Å². The molecule has 0 aromatic heterocycles. The average Bonchev–Trinajstić information content (AvgIpc) is 3.10. The molecular formula is C18H30N2O2. The fourth-order valence-corrected chi connectivity index (χ4v) is 4.40. The van der Waals surface area contributed by atoms with Crippen LogP contribution in [0.2, 0.25) is 0 Å². The van der Waals surface area contributed by atoms with Gasteiger partial charge in [-0.25, -0.2) is 0 Å². The molecular weight excluding hydrogens is 276 g/mol. The number of hydrogen-bond donors (Lipinski definition) is 1. The lowest BCUT2D eigenvalue weighted by Gasteiger charge is -2.25. The van der Waals surface area contributed by atoms with E-state index in [-0.39, 0.29) is 17.7 Å². The second-order valence-corrected chi connectivity index (χ2v) is 7.44. The summed E-state index contributed by atoms with van der Waals surface area (Å²) >= 11 is 0. The molecule has 1 N–H and O–H groups in total. The van der Waals surface area contributed by atoms with E-state index in [0.29, 0.717) is 25.0 Å². The average molecular weight is 306 g/mol. The maximum absolute atomic E-state index is 12.5. The van der Waals surface area contributed by atoms with Gasteiger partial charge in [0.25, 0.3) is 0 Å². The summed E-state index contributed by atoms with van der Waals surface area (Å²) in [5.74, 6) is 0.211. The Balaban J connectivity index is 1.50. The van der Waals surface area contributed by atoms with Gasteiger partial charge in [0.2, 0.25) is 11.8 Å². The minimum absolute atomic E-state index is 0.112. The van der Waals surface area contributed by atoms with E-state index in [4.69, 9.17) is 0 Å². The zero-order chi connectivity index (χ0) is 15.4. The van der Waals surface area contributed by atoms with Crippen molar-refractivity contribution in [2.45, 2.75) is 89.1 Å². The number of hydrogen-bond acceptors (Lipinski definition) is 2. The van der Waals surface area contributed by atoms with Crippen molar-refractivity contribution in [3.05, 3.63) is 0 Å². The van der Waals surface area contributed by atoms with Crippen LogP contribution in [-0.4, -0.2) is 35.3 Å². The Bertz CT molecular complexity index is 396. The SMILES string of the molecule is O=C(NC1CCCCCCC1)[C@@H]1CC(=O)N(C2CCCC2)C1. The van der Waals surface area contributed by atoms with Crippen molar-refractivity contribution in [2.24, 2.45) is 5.92 Å². The zero-order valence-corrected chi connectivity index (χ0v) is 13.7. The van der Waals surface area contributed by atoms with Crippen LogP contribution in [0, 0.1) is 5.92 Å². The van der Waals surface area contributed by atoms with Crippen molar-refractivity contribution >= 4 is 11.8 Å². The first-order valence-electron chi connectivity index (χ1n) is 9.34. The molecule has 0 aromatic carbocycles. The first kappa shape index (κ1) is 15.8. The van der Waals surface area contributed by atoms with Gasteiger partial charge in [-0.15, -0.1) is 0 Å². The number of likely N-dealkylation sites (tertiary alicyclic amines) is 1. The number of nitrogens with one attached hydrogen (secondary N) is 1. The topological polar surface area (TPSA) is 49.4 Å². The third-order valence-electron chi connectivity index (χ3n) is 5.75. The van der Waals surface area contributed by atoms with Crippen LogP contribution in [0.3, 0.4) is 0 Å². The number of amides is 2. The molecule has 3 aliphatic rings. The van der Waals surface area contributed by atoms with E-state index in [2.05, 4.69) is 5.32 Å². The zero-order valence-electron chi connectivity index (χ0n) is 13.7. The predicted octanol–water partition coefficient (Wildman–Crippen LogP) is 3.01. The highest BCUT2D eigenvalue weighted by Crippen LogP contribution is 2.29. The van der Waals surface area contributed by atoms with E-state index in [0.717, 1.165) is 25.7 Å². The molecule has 0 bridgehead atoms. The van der Waals surface area contributed by atoms with Gasteiger partial charge in [0, 0.05) is 25.0 Å². The minimum Gasteiger partial charge on any atom is -0.353 e. The lowest BCUT2D eigenvalue weighted by molar-refractivity contribution is -0.130. The molecule has 0 radical (unpaired) electrons. The Kier molecular flexibility index (Phi) is 5.37. The highest BCUT2D eigenvalue weighted by Gasteiger charge is 2.38. The van der Waals surface area contributed by atoms with Crippen molar-refractivity contribution in [1.82, 2.24) is 10.2 Å². The molecule has 1 aliphatic heterocycles. The number of carbonyl (C=O) groups is 2. The number of rotatable bonds is 3. The smallest absolute Gasteiger partial charge is 0.225 e. The minimum atomic E-state index is -0.112. The molecule has 0 aromatic rings. The number of carbonyl (C=O) groups excluding carboxylic acids is 2. The molecule has 1 atom stereocenters. The van der Waals surface area contributed by atoms with E-state index in [1.54, 1.807) is 0 Å². The van der Waals surface area contributed by atoms with Crippen LogP contribution < -0.4 is 5.32 Å². The standard InChI is InChI=1S/C18H30N2O2/c21-17-12-14(13-20(17)16-10-6-7-11-16)18(22)19-15-8-4-2-1-3-5-9-15/h14-16H,1-13H2,(H,19,22)/t14-/m1/s1. The lowest BCUT2D eigenvalue weighted by Crippen LogP contribution is -2.41. The molecule has 22 heavy (non-hydrogen) atoms. The van der Waals surface area contributed by atoms with Gasteiger partial charge in [0.15, 0.2) is 0 Å². The van der Waals surface area contributed by atoms with Gasteiger partial charge in [-0.2, -0.15) is 0 Å². The van der Waals surface area contributed by atoms with E-state index in [1.807, 2.05) is 4.90 Å². The van der Waals surface area contributed by atoms with Crippen molar-refractivity contribution in [2.75, 3.05) is 6.54 Å². The van der Waals surface area contributed by atoms with Gasteiger partial charge in [-0.3, -0.25) is 9.59 Å². The van der Waals surface area contributed by atoms with Gasteiger partial charge in [-0.05, 0) is 25.7 Å². The Morgan fingerprint density at radius 2 is 1.50 bits per heavy atom. The molecule has 4 heteroatoms. The van der Waals surface area contributed by atoms with Crippen molar-refractivity contribution in [3.8, 4) is 0 Å². The van der Waals surface area contributed by atoms with Crippen LogP contribution in [0.5, 0.6) is 0 Å². The molecule has 1 heterocycles. The highest BCUT2D eigenvalue weighted by molar-refractivity contribution is 5.89. The van der Waals surface area contributed by atoms with Crippen molar-refractivity contribution < 1.29 is 9.59 Å². The second-order valence-electron chi connectivity index (χ2n) is 7.44. The molecule has 1 saturated heterocycles. The quantitative estimate of drug-likeness (QED) is 0.871. The second kappa shape index (κ2) is 7.47. The first-order valence-corrected chi connectivity index (χ1v) is 9.34. The van der Waals surface area contributed by atoms with Crippen LogP contribution in [0.4, 0.5) is 0 Å². The van der Waals surface area contributed by atoms with E-state index in [1.165, 1.54) is 44.9 Å². The van der Waals surface area contributed by atoms with E-state index < -0.39 is 0 Å². The van der Waals surface area contributed by atoms with Gasteiger partial charge >= 0.3 is 0 Å². The monoisotopic (exact) mass is 306 g/mol. The van der Waals surface area contributed by atoms with Crippen molar-refractivity contribution in [3.63, 3.8) is 0 Å². The molecule has 0 unspecified atom stereocenters. The summed E-state index contributed by atoms with van der Waals surface area (Å²) < 4.78 is 0. The van der Waals surface area contributed by atoms with Gasteiger partial charge in [0.05, 0.1) is 5.92 Å². The Labute approximate surface area is 134 Å². The third kappa shape index (κ3) is 3.82. The predicted molar refractivity (Wildman–Crippen MR) is 86.3 cm³/mol. The Morgan fingerprint density at radius 3 is 2.18 bits per heavy atom. The van der Waals surface area contributed by atoms with Gasteiger partial charge < -0.3 is 10.2 Å². The summed E-state index contributed by atoms with van der Waals surface area (Å²) in [6, 6.07) is 0.745. The lowest BCUT2D eigenvalue weighted by atomic mass is 9.96. The normalized spacial score (nSPS) is 28.6. The van der Waals surface area contributed by atoms with Crippen LogP contribution in [0.25, 0.3) is 0 Å². The molecule has 124 valence electrons. The summed E-state index contributed by atoms with van der Waals surface area (Å²) in [4.78, 5) is 26.7. The van der Waals surface area contributed by atoms with Crippen LogP contribution in [0.15, 0.2) is 0 Å². The maximum Gasteiger partial charge on any atom is 0.225 e. The summed E-state index contributed by atoms with van der Waals surface area (Å²) in [5.41, 5.74) is 0. The Hall–Kier alpha value is -1.06. The molecule has 0 spiro atoms. The van der Waals surface area contributed by atoms with Gasteiger partial charge in [0.1, 0.15) is 0 Å². The summed E-state index contributed by atoms with van der Waals surface area (Å²) in [7, 11) is 0. The van der Waals surface area contributed by atoms with E-state index in [9.17, 15) is 9.59 Å². The van der Waals surface area contributed by atoms with Crippen LogP contribution >= 0.6 is 0 Å². The molecule has 2 saturated carbocycles. The Morgan fingerprint density at radius 1 is 0.909 bits per heavy atom. The van der Waals surface area contributed by atoms with E-state index >= 15 is 0 Å². The fourth-order valence-electron chi connectivity index (χ4n) is 4.40. The summed E-state index contributed by atoms with van der Waals surface area (Å²) in [5, 5.41) is 3.24. The summed E-state index contributed by atoms with van der Waals surface area (Å²) in [6.45, 7) is 0.655. The fraction of sp³-hybridized carbons (Fsp3) is 0.889. The third-order valence-corrected chi connectivity index (χ3v) is 5.75. The molecule has 2 amide bonds. The largest absolute Gasteiger partial charge is 0.353 e. The van der Waals surface area contributed by atoms with Crippen LogP contribution in [0.1, 0.15) is 77.0 Å². The number of nitrogens with zero attached hydrogens (tertiary/aromatic N) is 1. The highest BCUT2D eigenvalue weighted by atomic mass is 16.2. The molecule has 2 aliphatic carbocycles. The summed E-state index contributed by atoms with van der Waals surface area (Å²) in [6.07, 6.45) is 13.7. The molecule has 4 nitrogen and oxygen atoms in total. The van der Waals surface area contributed by atoms with Crippen LogP contribution in [-0.2, 0) is 9.59 Å². The molecule has 3 fully saturated rings. The first-order chi connectivity index (χ1) is 10.7. The van der Waals surface area contributed by atoms with Gasteiger partial charge in [-0.1, -0.05) is 44.9 Å².